The molecule has 3 aliphatic rings. The van der Waals surface area contributed by atoms with Crippen molar-refractivity contribution in [1.29, 1.82) is 0 Å². The fraction of sp³-hybridized carbons (Fsp3) is 0.548. The molecule has 8 N–H and O–H groups in total. The molecule has 3 aliphatic heterocycles. The van der Waals surface area contributed by atoms with E-state index in [0.29, 0.717) is 28.1 Å². The van der Waals surface area contributed by atoms with Crippen molar-refractivity contribution in [3.8, 4) is 0 Å². The highest BCUT2D eigenvalue weighted by Crippen LogP contribution is 2.36. The minimum Gasteiger partial charge on any atom is -0.394 e. The average molecular weight is 635 g/mol. The summed E-state index contributed by atoms with van der Waals surface area (Å²) in [4.78, 5) is 29.3. The second-order valence-corrected chi connectivity index (χ2v) is 11.6. The van der Waals surface area contributed by atoms with Crippen LogP contribution in [0, 0.1) is 6.92 Å². The van der Waals surface area contributed by atoms with Gasteiger partial charge < -0.3 is 60.1 Å². The quantitative estimate of drug-likeness (QED) is 0.145. The predicted molar refractivity (Wildman–Crippen MR) is 158 cm³/mol. The van der Waals surface area contributed by atoms with Gasteiger partial charge in [-0.1, -0.05) is 18.7 Å². The van der Waals surface area contributed by atoms with Crippen LogP contribution in [0.3, 0.4) is 0 Å². The molecule has 45 heavy (non-hydrogen) atoms. The summed E-state index contributed by atoms with van der Waals surface area (Å²) in [5.41, 5.74) is 2.57. The lowest BCUT2D eigenvalue weighted by Crippen LogP contribution is -2.58. The maximum atomic E-state index is 13.3. The minimum absolute atomic E-state index is 0.249. The van der Waals surface area contributed by atoms with E-state index in [2.05, 4.69) is 6.58 Å². The normalized spacial score (nSPS) is 35.2. The number of ether oxygens (including phenoxy) is 2. The molecular formula is C31H42N2O12. The number of anilines is 1. The van der Waals surface area contributed by atoms with E-state index in [1.807, 2.05) is 0 Å². The van der Waals surface area contributed by atoms with E-state index in [1.54, 1.807) is 51.1 Å². The Bertz CT molecular complexity index is 1340. The van der Waals surface area contributed by atoms with Crippen LogP contribution in [-0.2, 0) is 19.1 Å². The van der Waals surface area contributed by atoms with Gasteiger partial charge >= 0.3 is 0 Å². The Morgan fingerprint density at radius 2 is 1.49 bits per heavy atom. The van der Waals surface area contributed by atoms with Crippen molar-refractivity contribution in [2.75, 3.05) is 31.2 Å². The molecule has 1 aromatic rings. The van der Waals surface area contributed by atoms with E-state index in [-0.39, 0.29) is 30.5 Å². The van der Waals surface area contributed by atoms with Crippen molar-refractivity contribution in [3.63, 3.8) is 0 Å². The fourth-order valence-corrected chi connectivity index (χ4v) is 5.84. The smallest absolute Gasteiger partial charge is 0.247 e. The summed E-state index contributed by atoms with van der Waals surface area (Å²) >= 11 is 0. The Kier molecular flexibility index (Phi) is 11.0. The summed E-state index contributed by atoms with van der Waals surface area (Å²) in [7, 11) is 0. The van der Waals surface area contributed by atoms with E-state index in [4.69, 9.17) is 9.47 Å². The van der Waals surface area contributed by atoms with Crippen LogP contribution in [-0.4, -0.2) is 139 Å². The molecule has 3 heterocycles. The first-order valence-electron chi connectivity index (χ1n) is 14.6. The molecule has 14 heteroatoms. The zero-order valence-electron chi connectivity index (χ0n) is 25.3. The minimum atomic E-state index is -1.58. The number of aryl methyl sites for hydroxylation is 1. The van der Waals surface area contributed by atoms with Gasteiger partial charge in [0, 0.05) is 11.4 Å². The van der Waals surface area contributed by atoms with Gasteiger partial charge in [0.25, 0.3) is 0 Å². The number of benzene rings is 1. The highest BCUT2D eigenvalue weighted by Gasteiger charge is 2.46. The molecule has 0 radical (unpaired) electrons. The van der Waals surface area contributed by atoms with Crippen LogP contribution in [0.4, 0.5) is 5.69 Å². The van der Waals surface area contributed by atoms with E-state index in [0.717, 1.165) is 0 Å². The van der Waals surface area contributed by atoms with Crippen molar-refractivity contribution in [2.24, 2.45) is 0 Å². The van der Waals surface area contributed by atoms with Crippen molar-refractivity contribution in [1.82, 2.24) is 4.90 Å². The number of piperazine rings is 1. The summed E-state index contributed by atoms with van der Waals surface area (Å²) in [6.45, 7) is 7.26. The third-order valence-electron chi connectivity index (χ3n) is 8.67. The van der Waals surface area contributed by atoms with Gasteiger partial charge in [-0.2, -0.15) is 0 Å². The first-order chi connectivity index (χ1) is 21.2. The largest absolute Gasteiger partial charge is 0.394 e. The molecular weight excluding hydrogens is 592 g/mol. The van der Waals surface area contributed by atoms with Crippen LogP contribution in [0.5, 0.6) is 0 Å². The third kappa shape index (κ3) is 6.76. The fourth-order valence-electron chi connectivity index (χ4n) is 5.84. The number of hydrogen-bond donors (Lipinski definition) is 8. The van der Waals surface area contributed by atoms with Crippen LogP contribution >= 0.6 is 0 Å². The molecule has 0 spiro atoms. The van der Waals surface area contributed by atoms with Crippen LogP contribution in [0.15, 0.2) is 53.8 Å². The summed E-state index contributed by atoms with van der Waals surface area (Å²) in [5, 5.41) is 80.5. The second-order valence-electron chi connectivity index (χ2n) is 11.6. The third-order valence-corrected chi connectivity index (χ3v) is 8.67. The van der Waals surface area contributed by atoms with Gasteiger partial charge in [0.15, 0.2) is 0 Å². The second kappa shape index (κ2) is 14.2. The zero-order chi connectivity index (χ0) is 33.3. The van der Waals surface area contributed by atoms with Crippen molar-refractivity contribution in [3.05, 3.63) is 64.9 Å². The molecule has 14 nitrogen and oxygen atoms in total. The Labute approximate surface area is 260 Å². The Morgan fingerprint density at radius 1 is 0.889 bits per heavy atom. The van der Waals surface area contributed by atoms with Gasteiger partial charge in [0.2, 0.25) is 11.8 Å². The molecule has 0 aromatic heterocycles. The number of nitrogens with zero attached hydrogens (tertiary/aromatic N) is 2. The predicted octanol–water partition coefficient (Wildman–Crippen LogP) is -2.07. The standard InChI is InChI=1S/C31H42N2O12/c1-5-17(8-14(2)16(4)30-28(42)26(40)24(38)20(12-34)44-30)32-10-23(37)33(11-22(32)36)18-6-7-19(15(3)9-18)31-29(43)27(41)25(39)21(13-35)45-31/h5-9,20-21,24-31,34-35,38-43H,4,10-13H2,1-3H3/b14-8-,17-5+/t20-,21-,24-,25-,26+,27+,28+,29+,30-,31-/m1/s1. The summed E-state index contributed by atoms with van der Waals surface area (Å²) < 4.78 is 11.3. The van der Waals surface area contributed by atoms with E-state index in [9.17, 15) is 50.4 Å². The summed E-state index contributed by atoms with van der Waals surface area (Å²) in [5.74, 6) is -0.770. The van der Waals surface area contributed by atoms with Crippen molar-refractivity contribution < 1.29 is 59.9 Å². The van der Waals surface area contributed by atoms with Crippen LogP contribution in [0.2, 0.25) is 0 Å². The van der Waals surface area contributed by atoms with Gasteiger partial charge in [-0.3, -0.25) is 9.59 Å². The molecule has 248 valence electrons. The number of rotatable bonds is 8. The Hall–Kier alpha value is -3.02. The molecule has 10 atom stereocenters. The molecule has 0 bridgehead atoms. The molecule has 0 saturated carbocycles. The number of aliphatic hydroxyl groups is 8. The number of allylic oxidation sites excluding steroid dienone is 2. The maximum absolute atomic E-state index is 13.3. The highest BCUT2D eigenvalue weighted by atomic mass is 16.6. The molecule has 2 amide bonds. The molecule has 4 rings (SSSR count). The topological polar surface area (TPSA) is 221 Å². The Morgan fingerprint density at radius 3 is 2.07 bits per heavy atom. The highest BCUT2D eigenvalue weighted by molar-refractivity contribution is 6.05. The van der Waals surface area contributed by atoms with Gasteiger partial charge in [-0.25, -0.2) is 0 Å². The van der Waals surface area contributed by atoms with E-state index < -0.39 is 74.3 Å². The van der Waals surface area contributed by atoms with Gasteiger partial charge in [0.05, 0.1) is 13.2 Å². The van der Waals surface area contributed by atoms with Crippen LogP contribution in [0.25, 0.3) is 0 Å². The SMILES string of the molecule is C=C(/C(C)=C\C(=C/C)N1CC(=O)N(c2ccc([C@H]3O[C@H](CO)[C@@H](O)[C@H](O)[C@@H]3O)c(C)c2)CC1=O)[C@H]1O[C@H](CO)[C@@H](O)[C@H](O)[C@@H]1O. The Balaban J connectivity index is 1.48. The summed E-state index contributed by atoms with van der Waals surface area (Å²) in [6.07, 6.45) is -10.3. The number of amides is 2. The molecule has 3 saturated heterocycles. The lowest BCUT2D eigenvalue weighted by molar-refractivity contribution is -0.231. The first-order valence-corrected chi connectivity index (χ1v) is 14.6. The summed E-state index contributed by atoms with van der Waals surface area (Å²) in [6, 6.07) is 4.81. The molecule has 0 unspecified atom stereocenters. The van der Waals surface area contributed by atoms with Crippen molar-refractivity contribution >= 4 is 17.5 Å². The lowest BCUT2D eigenvalue weighted by atomic mass is 9.89. The van der Waals surface area contributed by atoms with E-state index >= 15 is 0 Å². The average Bonchev–Trinajstić information content (AvgIpc) is 3.02. The van der Waals surface area contributed by atoms with Gasteiger partial charge in [-0.15, -0.1) is 0 Å². The first kappa shape index (κ1) is 34.8. The monoisotopic (exact) mass is 634 g/mol. The van der Waals surface area contributed by atoms with Gasteiger partial charge in [-0.05, 0) is 61.3 Å². The number of carbonyl (C=O) groups is 2. The molecule has 0 aliphatic carbocycles. The zero-order valence-corrected chi connectivity index (χ0v) is 25.3. The van der Waals surface area contributed by atoms with Crippen molar-refractivity contribution in [2.45, 2.75) is 81.8 Å². The lowest BCUT2D eigenvalue weighted by Gasteiger charge is -2.41. The van der Waals surface area contributed by atoms with Gasteiger partial charge in [0.1, 0.15) is 74.1 Å². The maximum Gasteiger partial charge on any atom is 0.247 e. The molecule has 1 aromatic carbocycles. The van der Waals surface area contributed by atoms with Crippen LogP contribution < -0.4 is 4.90 Å². The van der Waals surface area contributed by atoms with E-state index in [1.165, 1.54) is 9.80 Å². The number of carbonyl (C=O) groups excluding carboxylic acids is 2. The number of aliphatic hydroxyl groups excluding tert-OH is 8. The number of hydrogen-bond acceptors (Lipinski definition) is 12. The van der Waals surface area contributed by atoms with Crippen LogP contribution in [0.1, 0.15) is 31.1 Å². The molecule has 3 fully saturated rings.